The summed E-state index contributed by atoms with van der Waals surface area (Å²) in [5.41, 5.74) is 10.8. The Kier molecular flexibility index (Phi) is 5.69. The summed E-state index contributed by atoms with van der Waals surface area (Å²) in [7, 11) is 3.78. The minimum Gasteiger partial charge on any atom is -0.366 e. The second-order valence-electron chi connectivity index (χ2n) is 7.73. The number of nitrogens with two attached hydrogens (primary N) is 1. The standard InChI is InChI=1S/C22H24N6O2S/c1-13-19(31-12-25-13)21(30)28-10-4-5-17(28)18-16(11-24-22(26-18)27(2)3)14-6-8-15(9-7-14)20(23)29/h6-9,11-12,17H,4-5,10H2,1-3H3,(H2,23,29)/t17-/m0/s1. The lowest BCUT2D eigenvalue weighted by molar-refractivity contribution is 0.0737. The Balaban J connectivity index is 1.78. The summed E-state index contributed by atoms with van der Waals surface area (Å²) in [5.74, 6) is 0.0989. The molecule has 3 aromatic rings. The van der Waals surface area contributed by atoms with Gasteiger partial charge in [-0.3, -0.25) is 9.59 Å². The van der Waals surface area contributed by atoms with Crippen LogP contribution in [0.1, 0.15) is 50.3 Å². The molecule has 0 radical (unpaired) electrons. The van der Waals surface area contributed by atoms with Gasteiger partial charge in [0.2, 0.25) is 11.9 Å². The first kappa shape index (κ1) is 20.9. The molecule has 2 aromatic heterocycles. The van der Waals surface area contributed by atoms with E-state index in [1.54, 1.807) is 23.8 Å². The number of carbonyl (C=O) groups is 2. The largest absolute Gasteiger partial charge is 0.366 e. The molecule has 2 amide bonds. The number of benzene rings is 1. The van der Waals surface area contributed by atoms with E-state index in [2.05, 4.69) is 9.97 Å². The highest BCUT2D eigenvalue weighted by Gasteiger charge is 2.35. The summed E-state index contributed by atoms with van der Waals surface area (Å²) in [5, 5.41) is 0. The van der Waals surface area contributed by atoms with Gasteiger partial charge in [-0.15, -0.1) is 11.3 Å². The molecular formula is C22H24N6O2S. The molecule has 2 N–H and O–H groups in total. The molecule has 31 heavy (non-hydrogen) atoms. The number of thiazole rings is 1. The molecule has 1 aliphatic rings. The normalized spacial score (nSPS) is 15.8. The van der Waals surface area contributed by atoms with E-state index in [1.807, 2.05) is 43.0 Å². The Morgan fingerprint density at radius 1 is 1.19 bits per heavy atom. The molecule has 1 saturated heterocycles. The van der Waals surface area contributed by atoms with E-state index >= 15 is 0 Å². The van der Waals surface area contributed by atoms with Crippen molar-refractivity contribution in [3.63, 3.8) is 0 Å². The Morgan fingerprint density at radius 3 is 2.55 bits per heavy atom. The highest BCUT2D eigenvalue weighted by Crippen LogP contribution is 2.38. The summed E-state index contributed by atoms with van der Waals surface area (Å²) in [6.07, 6.45) is 3.51. The topological polar surface area (TPSA) is 105 Å². The van der Waals surface area contributed by atoms with Gasteiger partial charge in [0, 0.05) is 38.0 Å². The summed E-state index contributed by atoms with van der Waals surface area (Å²) in [4.78, 5) is 42.7. The Morgan fingerprint density at radius 2 is 1.94 bits per heavy atom. The lowest BCUT2D eigenvalue weighted by atomic mass is 9.98. The molecule has 1 fully saturated rings. The summed E-state index contributed by atoms with van der Waals surface area (Å²) in [6, 6.07) is 6.90. The van der Waals surface area contributed by atoms with E-state index in [9.17, 15) is 9.59 Å². The van der Waals surface area contributed by atoms with E-state index in [-0.39, 0.29) is 11.9 Å². The second-order valence-corrected chi connectivity index (χ2v) is 8.58. The van der Waals surface area contributed by atoms with Crippen molar-refractivity contribution in [2.24, 2.45) is 5.73 Å². The van der Waals surface area contributed by atoms with Crippen LogP contribution in [0.15, 0.2) is 36.0 Å². The molecule has 8 nitrogen and oxygen atoms in total. The van der Waals surface area contributed by atoms with Gasteiger partial charge >= 0.3 is 0 Å². The molecule has 1 aliphatic heterocycles. The minimum absolute atomic E-state index is 0.0115. The number of aromatic nitrogens is 3. The van der Waals surface area contributed by atoms with Crippen LogP contribution in [0, 0.1) is 6.92 Å². The molecule has 0 saturated carbocycles. The quantitative estimate of drug-likeness (QED) is 0.659. The number of hydrogen-bond donors (Lipinski definition) is 1. The molecule has 0 bridgehead atoms. The number of rotatable bonds is 5. The van der Waals surface area contributed by atoms with Crippen LogP contribution in [0.2, 0.25) is 0 Å². The van der Waals surface area contributed by atoms with E-state index < -0.39 is 5.91 Å². The average molecular weight is 437 g/mol. The molecule has 1 atom stereocenters. The highest BCUT2D eigenvalue weighted by molar-refractivity contribution is 7.11. The van der Waals surface area contributed by atoms with Crippen molar-refractivity contribution in [1.82, 2.24) is 19.9 Å². The Bertz CT molecular complexity index is 1130. The maximum Gasteiger partial charge on any atom is 0.266 e. The van der Waals surface area contributed by atoms with Crippen molar-refractivity contribution < 1.29 is 9.59 Å². The highest BCUT2D eigenvalue weighted by atomic mass is 32.1. The van der Waals surface area contributed by atoms with Gasteiger partial charge < -0.3 is 15.5 Å². The van der Waals surface area contributed by atoms with Crippen molar-refractivity contribution in [1.29, 1.82) is 0 Å². The molecule has 0 spiro atoms. The molecule has 1 aromatic carbocycles. The van der Waals surface area contributed by atoms with Crippen molar-refractivity contribution in [2.75, 3.05) is 25.5 Å². The van der Waals surface area contributed by atoms with E-state index in [0.717, 1.165) is 35.4 Å². The number of likely N-dealkylation sites (tertiary alicyclic amines) is 1. The van der Waals surface area contributed by atoms with Crippen LogP contribution in [0.5, 0.6) is 0 Å². The number of anilines is 1. The molecule has 0 unspecified atom stereocenters. The molecule has 3 heterocycles. The van der Waals surface area contributed by atoms with Crippen LogP contribution >= 0.6 is 11.3 Å². The summed E-state index contributed by atoms with van der Waals surface area (Å²) in [6.45, 7) is 2.53. The number of hydrogen-bond acceptors (Lipinski definition) is 7. The van der Waals surface area contributed by atoms with Crippen LogP contribution < -0.4 is 10.6 Å². The Labute approximate surface area is 184 Å². The molecule has 160 valence electrons. The first-order valence-electron chi connectivity index (χ1n) is 10.0. The zero-order valence-corrected chi connectivity index (χ0v) is 18.5. The lowest BCUT2D eigenvalue weighted by Gasteiger charge is -2.26. The van der Waals surface area contributed by atoms with Crippen molar-refractivity contribution in [3.8, 4) is 11.1 Å². The van der Waals surface area contributed by atoms with Crippen LogP contribution in [0.4, 0.5) is 5.95 Å². The van der Waals surface area contributed by atoms with E-state index in [0.29, 0.717) is 22.9 Å². The van der Waals surface area contributed by atoms with Gasteiger partial charge in [-0.1, -0.05) is 12.1 Å². The number of carbonyl (C=O) groups excluding carboxylic acids is 2. The average Bonchev–Trinajstić information content (AvgIpc) is 3.42. The zero-order valence-electron chi connectivity index (χ0n) is 17.7. The van der Waals surface area contributed by atoms with Crippen molar-refractivity contribution in [2.45, 2.75) is 25.8 Å². The predicted molar refractivity (Wildman–Crippen MR) is 120 cm³/mol. The predicted octanol–water partition coefficient (Wildman–Crippen LogP) is 3.05. The molecule has 9 heteroatoms. The van der Waals surface area contributed by atoms with Crippen LogP contribution in [-0.2, 0) is 0 Å². The van der Waals surface area contributed by atoms with Gasteiger partial charge in [-0.25, -0.2) is 15.0 Å². The number of primary amides is 1. The lowest BCUT2D eigenvalue weighted by Crippen LogP contribution is -2.31. The van der Waals surface area contributed by atoms with Gasteiger partial charge in [0.1, 0.15) is 4.88 Å². The van der Waals surface area contributed by atoms with Gasteiger partial charge in [-0.05, 0) is 37.5 Å². The fourth-order valence-electron chi connectivity index (χ4n) is 3.82. The van der Waals surface area contributed by atoms with Crippen LogP contribution in [0.25, 0.3) is 11.1 Å². The van der Waals surface area contributed by atoms with Gasteiger partial charge in [-0.2, -0.15) is 0 Å². The number of nitrogens with zero attached hydrogens (tertiary/aromatic N) is 5. The van der Waals surface area contributed by atoms with Crippen LogP contribution in [-0.4, -0.2) is 52.3 Å². The molecule has 0 aliphatic carbocycles. The maximum absolute atomic E-state index is 13.3. The number of amides is 2. The first-order chi connectivity index (χ1) is 14.9. The zero-order chi connectivity index (χ0) is 22.1. The monoisotopic (exact) mass is 436 g/mol. The SMILES string of the molecule is Cc1ncsc1C(=O)N1CCC[C@H]1c1nc(N(C)C)ncc1-c1ccc(C(N)=O)cc1. The molecule has 4 rings (SSSR count). The fraction of sp³-hybridized carbons (Fsp3) is 0.318. The van der Waals surface area contributed by atoms with E-state index in [1.165, 1.54) is 11.3 Å². The van der Waals surface area contributed by atoms with Crippen molar-refractivity contribution in [3.05, 3.63) is 57.8 Å². The van der Waals surface area contributed by atoms with Crippen molar-refractivity contribution >= 4 is 29.1 Å². The van der Waals surface area contributed by atoms with E-state index in [4.69, 9.17) is 10.7 Å². The third-order valence-electron chi connectivity index (χ3n) is 5.46. The number of aryl methyl sites for hydroxylation is 1. The smallest absolute Gasteiger partial charge is 0.266 e. The minimum atomic E-state index is -0.474. The van der Waals surface area contributed by atoms with Gasteiger partial charge in [0.25, 0.3) is 5.91 Å². The second kappa shape index (κ2) is 8.43. The van der Waals surface area contributed by atoms with Gasteiger partial charge in [0.05, 0.1) is 22.9 Å². The molecular weight excluding hydrogens is 412 g/mol. The maximum atomic E-state index is 13.3. The van der Waals surface area contributed by atoms with Gasteiger partial charge in [0.15, 0.2) is 0 Å². The summed E-state index contributed by atoms with van der Waals surface area (Å²) >= 11 is 1.37. The summed E-state index contributed by atoms with van der Waals surface area (Å²) < 4.78 is 0. The van der Waals surface area contributed by atoms with Crippen LogP contribution in [0.3, 0.4) is 0 Å². The first-order valence-corrected chi connectivity index (χ1v) is 10.9. The third-order valence-corrected chi connectivity index (χ3v) is 6.37. The fourth-order valence-corrected chi connectivity index (χ4v) is 4.58. The third kappa shape index (κ3) is 4.00. The Hall–Kier alpha value is -3.33.